The van der Waals surface area contributed by atoms with Crippen LogP contribution in [0.4, 0.5) is 0 Å². The van der Waals surface area contributed by atoms with Crippen molar-refractivity contribution in [3.05, 3.63) is 0 Å². The number of amides is 1. The second kappa shape index (κ2) is 6.60. The van der Waals surface area contributed by atoms with Crippen molar-refractivity contribution in [3.63, 3.8) is 0 Å². The highest BCUT2D eigenvalue weighted by Gasteiger charge is 2.44. The van der Waals surface area contributed by atoms with E-state index in [1.807, 2.05) is 0 Å². The lowest BCUT2D eigenvalue weighted by atomic mass is 9.65. The molecule has 2 saturated heterocycles. The summed E-state index contributed by atoms with van der Waals surface area (Å²) < 4.78 is 0. The van der Waals surface area contributed by atoms with Gasteiger partial charge in [-0.25, -0.2) is 0 Å². The molecule has 1 amide bonds. The molecule has 2 heterocycles. The van der Waals surface area contributed by atoms with Crippen LogP contribution in [0.1, 0.15) is 65.2 Å². The Morgan fingerprint density at radius 3 is 2.33 bits per heavy atom. The average Bonchev–Trinajstić information content (AvgIpc) is 2.81. The molecule has 4 bridgehead atoms. The molecule has 0 spiro atoms. The summed E-state index contributed by atoms with van der Waals surface area (Å²) in [5.41, 5.74) is 6.42. The van der Waals surface area contributed by atoms with Gasteiger partial charge in [0.2, 0.25) is 5.91 Å². The van der Waals surface area contributed by atoms with Crippen molar-refractivity contribution in [2.24, 2.45) is 23.5 Å². The Kier molecular flexibility index (Phi) is 4.63. The van der Waals surface area contributed by atoms with E-state index in [0.29, 0.717) is 41.9 Å². The maximum atomic E-state index is 13.3. The third kappa shape index (κ3) is 2.90. The van der Waals surface area contributed by atoms with E-state index in [9.17, 15) is 4.79 Å². The van der Waals surface area contributed by atoms with Crippen LogP contribution in [-0.2, 0) is 4.79 Å². The fourth-order valence-corrected chi connectivity index (χ4v) is 6.40. The van der Waals surface area contributed by atoms with Crippen LogP contribution in [0.3, 0.4) is 0 Å². The largest absolute Gasteiger partial charge is 0.341 e. The van der Waals surface area contributed by atoms with Crippen molar-refractivity contribution in [1.82, 2.24) is 9.80 Å². The normalized spacial score (nSPS) is 43.1. The highest BCUT2D eigenvalue weighted by Crippen LogP contribution is 2.43. The van der Waals surface area contributed by atoms with Crippen LogP contribution in [0.15, 0.2) is 0 Å². The Hall–Kier alpha value is -0.610. The highest BCUT2D eigenvalue weighted by molar-refractivity contribution is 5.79. The first-order valence-electron chi connectivity index (χ1n) is 10.4. The first-order valence-corrected chi connectivity index (χ1v) is 10.4. The number of carbonyl (C=O) groups is 1. The zero-order chi connectivity index (χ0) is 16.8. The van der Waals surface area contributed by atoms with Gasteiger partial charge in [0.15, 0.2) is 0 Å². The molecule has 0 aromatic carbocycles. The number of fused-ring (bicyclic) bond motifs is 4. The van der Waals surface area contributed by atoms with E-state index in [1.165, 1.54) is 38.5 Å². The molecule has 4 unspecified atom stereocenters. The molecule has 4 rings (SSSR count). The van der Waals surface area contributed by atoms with E-state index in [1.54, 1.807) is 0 Å². The smallest absolute Gasteiger partial charge is 0.225 e. The summed E-state index contributed by atoms with van der Waals surface area (Å²) in [6, 6.07) is 2.25. The minimum Gasteiger partial charge on any atom is -0.341 e. The molecule has 136 valence electrons. The maximum Gasteiger partial charge on any atom is 0.225 e. The van der Waals surface area contributed by atoms with Crippen molar-refractivity contribution in [2.75, 3.05) is 13.1 Å². The van der Waals surface area contributed by atoms with E-state index in [0.717, 1.165) is 25.9 Å². The Bertz CT molecular complexity index is 466. The van der Waals surface area contributed by atoms with Crippen LogP contribution in [-0.4, -0.2) is 53.0 Å². The molecule has 4 fully saturated rings. The Morgan fingerprint density at radius 2 is 1.67 bits per heavy atom. The molecule has 0 aromatic heterocycles. The summed E-state index contributed by atoms with van der Waals surface area (Å²) in [6.45, 7) is 6.56. The first-order chi connectivity index (χ1) is 11.5. The zero-order valence-corrected chi connectivity index (χ0v) is 15.5. The average molecular weight is 334 g/mol. The lowest BCUT2D eigenvalue weighted by Gasteiger charge is -2.44. The minimum atomic E-state index is 0.254. The zero-order valence-electron chi connectivity index (χ0n) is 15.5. The number of nitrogens with zero attached hydrogens (tertiary/aromatic N) is 2. The second-order valence-electron chi connectivity index (χ2n) is 9.20. The monoisotopic (exact) mass is 333 g/mol. The van der Waals surface area contributed by atoms with Crippen LogP contribution in [0.2, 0.25) is 0 Å². The van der Waals surface area contributed by atoms with Gasteiger partial charge in [-0.05, 0) is 70.6 Å². The first kappa shape index (κ1) is 16.8. The van der Waals surface area contributed by atoms with Gasteiger partial charge >= 0.3 is 0 Å². The van der Waals surface area contributed by atoms with Crippen molar-refractivity contribution in [3.8, 4) is 0 Å². The van der Waals surface area contributed by atoms with E-state index < -0.39 is 0 Å². The Morgan fingerprint density at radius 1 is 1.00 bits per heavy atom. The summed E-state index contributed by atoms with van der Waals surface area (Å²) in [5.74, 6) is 1.91. The summed E-state index contributed by atoms with van der Waals surface area (Å²) >= 11 is 0. The molecule has 2 aliphatic carbocycles. The minimum absolute atomic E-state index is 0.254. The van der Waals surface area contributed by atoms with Crippen molar-refractivity contribution in [1.29, 1.82) is 0 Å². The van der Waals surface area contributed by atoms with Gasteiger partial charge in [0.1, 0.15) is 0 Å². The summed E-state index contributed by atoms with van der Waals surface area (Å²) in [6.07, 6.45) is 9.67. The summed E-state index contributed by atoms with van der Waals surface area (Å²) in [5, 5.41) is 0. The number of carbonyl (C=O) groups excluding carboxylic acids is 1. The van der Waals surface area contributed by atoms with Crippen molar-refractivity contribution < 1.29 is 4.79 Å². The molecule has 2 aliphatic heterocycles. The molecule has 0 radical (unpaired) electrons. The highest BCUT2D eigenvalue weighted by atomic mass is 16.2. The third-order valence-corrected chi connectivity index (χ3v) is 7.51. The molecule has 4 nitrogen and oxygen atoms in total. The molecule has 4 aliphatic rings. The number of rotatable bonds is 2. The van der Waals surface area contributed by atoms with E-state index in [4.69, 9.17) is 5.73 Å². The number of hydrogen-bond acceptors (Lipinski definition) is 3. The Balaban J connectivity index is 1.44. The fraction of sp³-hybridized carbons (Fsp3) is 0.950. The van der Waals surface area contributed by atoms with Gasteiger partial charge in [-0.3, -0.25) is 9.69 Å². The van der Waals surface area contributed by atoms with E-state index in [-0.39, 0.29) is 5.92 Å². The lowest BCUT2D eigenvalue weighted by Crippen LogP contribution is -2.51. The second-order valence-corrected chi connectivity index (χ2v) is 9.20. The molecule has 0 aromatic rings. The molecule has 2 N–H and O–H groups in total. The van der Waals surface area contributed by atoms with Gasteiger partial charge in [-0.1, -0.05) is 6.42 Å². The number of nitrogens with two attached hydrogens (primary N) is 1. The molecule has 24 heavy (non-hydrogen) atoms. The van der Waals surface area contributed by atoms with Gasteiger partial charge in [0.25, 0.3) is 0 Å². The summed E-state index contributed by atoms with van der Waals surface area (Å²) in [7, 11) is 0. The number of hydrogen-bond donors (Lipinski definition) is 1. The van der Waals surface area contributed by atoms with Crippen molar-refractivity contribution in [2.45, 2.75) is 89.4 Å². The van der Waals surface area contributed by atoms with Crippen LogP contribution in [0.25, 0.3) is 0 Å². The quantitative estimate of drug-likeness (QED) is 0.845. The topological polar surface area (TPSA) is 49.6 Å². The Labute approximate surface area is 147 Å². The van der Waals surface area contributed by atoms with Crippen LogP contribution in [0.5, 0.6) is 0 Å². The van der Waals surface area contributed by atoms with Crippen molar-refractivity contribution >= 4 is 5.91 Å². The van der Waals surface area contributed by atoms with Gasteiger partial charge in [0, 0.05) is 43.2 Å². The predicted molar refractivity (Wildman–Crippen MR) is 96.5 cm³/mol. The molecule has 2 saturated carbocycles. The van der Waals surface area contributed by atoms with Crippen LogP contribution in [0, 0.1) is 17.8 Å². The SMILES string of the molecule is CC(C)N1C2CCC1CN(C(=O)C1CC3CCCC(C1)C3N)CC2. The van der Waals surface area contributed by atoms with Crippen LogP contribution >= 0.6 is 0 Å². The van der Waals surface area contributed by atoms with E-state index in [2.05, 4.69) is 23.6 Å². The molecule has 4 heteroatoms. The molecular weight excluding hydrogens is 298 g/mol. The molecule has 4 atom stereocenters. The number of likely N-dealkylation sites (tertiary alicyclic amines) is 1. The lowest BCUT2D eigenvalue weighted by molar-refractivity contribution is -0.139. The molecular formula is C20H35N3O. The van der Waals surface area contributed by atoms with Gasteiger partial charge in [-0.15, -0.1) is 0 Å². The standard InChI is InChI=1S/C20H35N3O/c1-13(2)23-17-6-7-18(23)12-22(9-8-17)20(24)16-10-14-4-3-5-15(11-16)19(14)21/h13-19H,3-12,21H2,1-2H3. The van der Waals surface area contributed by atoms with Gasteiger partial charge in [0.05, 0.1) is 0 Å². The maximum absolute atomic E-state index is 13.3. The van der Waals surface area contributed by atoms with Crippen LogP contribution < -0.4 is 5.73 Å². The predicted octanol–water partition coefficient (Wildman–Crippen LogP) is 2.61. The summed E-state index contributed by atoms with van der Waals surface area (Å²) in [4.78, 5) is 18.2. The van der Waals surface area contributed by atoms with E-state index >= 15 is 0 Å². The fourth-order valence-electron chi connectivity index (χ4n) is 6.40. The third-order valence-electron chi connectivity index (χ3n) is 7.51. The van der Waals surface area contributed by atoms with Gasteiger partial charge < -0.3 is 10.6 Å². The van der Waals surface area contributed by atoms with Gasteiger partial charge in [-0.2, -0.15) is 0 Å².